The number of carbonyl (C=O) groups is 1. The first kappa shape index (κ1) is 19.7. The second-order valence-corrected chi connectivity index (χ2v) is 5.92. The van der Waals surface area contributed by atoms with Gasteiger partial charge in [-0.1, -0.05) is 18.6 Å². The van der Waals surface area contributed by atoms with Crippen LogP contribution in [0.5, 0.6) is 5.75 Å². The van der Waals surface area contributed by atoms with Crippen LogP contribution in [0.4, 0.5) is 0 Å². The van der Waals surface area contributed by atoms with Gasteiger partial charge in [0.15, 0.2) is 0 Å². The Morgan fingerprint density at radius 1 is 1.26 bits per heavy atom. The van der Waals surface area contributed by atoms with E-state index in [4.69, 9.17) is 10.5 Å². The lowest BCUT2D eigenvalue weighted by molar-refractivity contribution is -0.122. The Morgan fingerprint density at radius 2 is 1.87 bits per heavy atom. The molecular weight excluding hydrogens is 314 g/mol. The molecule has 2 unspecified atom stereocenters. The van der Waals surface area contributed by atoms with Crippen molar-refractivity contribution in [3.63, 3.8) is 0 Å². The number of nitrogens with zero attached hydrogens (tertiary/aromatic N) is 1. The van der Waals surface area contributed by atoms with Gasteiger partial charge in [0.2, 0.25) is 5.91 Å². The fourth-order valence-electron chi connectivity index (χ4n) is 2.87. The van der Waals surface area contributed by atoms with Crippen LogP contribution in [0.2, 0.25) is 0 Å². The monoisotopic (exact) mass is 341 g/mol. The first-order chi connectivity index (χ1) is 10.6. The van der Waals surface area contributed by atoms with Crippen molar-refractivity contribution in [3.05, 3.63) is 29.8 Å². The molecule has 1 amide bonds. The fourth-order valence-corrected chi connectivity index (χ4v) is 2.87. The number of hydrogen-bond donors (Lipinski definition) is 2. The lowest BCUT2D eigenvalue weighted by atomic mass is 10.0. The normalized spacial score (nSPS) is 17.7. The molecule has 0 aromatic heterocycles. The molecule has 0 aliphatic carbocycles. The summed E-state index contributed by atoms with van der Waals surface area (Å²) in [5, 5.41) is 2.97. The lowest BCUT2D eigenvalue weighted by Gasteiger charge is -2.35. The third-order valence-electron chi connectivity index (χ3n) is 4.22. The zero-order valence-electron chi connectivity index (χ0n) is 14.0. The highest BCUT2D eigenvalue weighted by Gasteiger charge is 2.23. The van der Waals surface area contributed by atoms with Gasteiger partial charge in [0.05, 0.1) is 19.2 Å². The van der Waals surface area contributed by atoms with Crippen molar-refractivity contribution in [1.82, 2.24) is 10.2 Å². The summed E-state index contributed by atoms with van der Waals surface area (Å²) < 4.78 is 5.22. The number of amides is 1. The van der Waals surface area contributed by atoms with Crippen LogP contribution in [-0.4, -0.2) is 43.6 Å². The summed E-state index contributed by atoms with van der Waals surface area (Å²) in [6.45, 7) is 4.45. The topological polar surface area (TPSA) is 67.6 Å². The number of likely N-dealkylation sites (tertiary alicyclic amines) is 1. The van der Waals surface area contributed by atoms with Crippen LogP contribution in [0.1, 0.15) is 37.8 Å². The van der Waals surface area contributed by atoms with Gasteiger partial charge >= 0.3 is 0 Å². The van der Waals surface area contributed by atoms with Crippen molar-refractivity contribution < 1.29 is 9.53 Å². The molecule has 1 aliphatic rings. The van der Waals surface area contributed by atoms with Gasteiger partial charge in [0, 0.05) is 6.54 Å². The Bertz CT molecular complexity index is 473. The standard InChI is InChI=1S/C17H27N3O2.ClH/c1-13(18)17(21)19-12-16(20-10-4-3-5-11-20)14-6-8-15(22-2)9-7-14;/h6-9,13,16H,3-5,10-12,18H2,1-2H3,(H,19,21);1H. The average Bonchev–Trinajstić information content (AvgIpc) is 2.56. The molecule has 2 atom stereocenters. The molecule has 2 rings (SSSR count). The Balaban J connectivity index is 0.00000264. The van der Waals surface area contributed by atoms with E-state index >= 15 is 0 Å². The SMILES string of the molecule is COc1ccc(C(CNC(=O)C(C)N)N2CCCCC2)cc1.Cl. The van der Waals surface area contributed by atoms with E-state index < -0.39 is 6.04 Å². The summed E-state index contributed by atoms with van der Waals surface area (Å²) in [5.41, 5.74) is 6.84. The highest BCUT2D eigenvalue weighted by molar-refractivity contribution is 5.85. The van der Waals surface area contributed by atoms with Gasteiger partial charge in [-0.25, -0.2) is 0 Å². The fraction of sp³-hybridized carbons (Fsp3) is 0.588. The van der Waals surface area contributed by atoms with E-state index in [0.29, 0.717) is 6.54 Å². The molecule has 130 valence electrons. The lowest BCUT2D eigenvalue weighted by Crippen LogP contribution is -2.44. The highest BCUT2D eigenvalue weighted by Crippen LogP contribution is 2.25. The van der Waals surface area contributed by atoms with Gasteiger partial charge in [-0.15, -0.1) is 12.4 Å². The molecule has 0 spiro atoms. The minimum Gasteiger partial charge on any atom is -0.497 e. The molecule has 5 nitrogen and oxygen atoms in total. The van der Waals surface area contributed by atoms with Crippen LogP contribution < -0.4 is 15.8 Å². The number of halogens is 1. The van der Waals surface area contributed by atoms with Crippen LogP contribution in [-0.2, 0) is 4.79 Å². The number of nitrogens with one attached hydrogen (secondary N) is 1. The van der Waals surface area contributed by atoms with E-state index in [1.165, 1.54) is 24.8 Å². The minimum atomic E-state index is -0.474. The average molecular weight is 342 g/mol. The largest absolute Gasteiger partial charge is 0.497 e. The van der Waals surface area contributed by atoms with Gasteiger partial charge in [0.25, 0.3) is 0 Å². The number of hydrogen-bond acceptors (Lipinski definition) is 4. The number of ether oxygens (including phenoxy) is 1. The first-order valence-corrected chi connectivity index (χ1v) is 8.03. The number of benzene rings is 1. The molecule has 1 saturated heterocycles. The maximum absolute atomic E-state index is 11.8. The van der Waals surface area contributed by atoms with Gasteiger partial charge in [-0.05, 0) is 50.6 Å². The number of methoxy groups -OCH3 is 1. The predicted molar refractivity (Wildman–Crippen MR) is 95.1 cm³/mol. The highest BCUT2D eigenvalue weighted by atomic mass is 35.5. The summed E-state index contributed by atoms with van der Waals surface area (Å²) >= 11 is 0. The zero-order chi connectivity index (χ0) is 15.9. The van der Waals surface area contributed by atoms with E-state index in [2.05, 4.69) is 22.3 Å². The molecule has 1 fully saturated rings. The van der Waals surface area contributed by atoms with Crippen molar-refractivity contribution in [2.45, 2.75) is 38.3 Å². The molecule has 1 heterocycles. The van der Waals surface area contributed by atoms with Crippen molar-refractivity contribution in [2.75, 3.05) is 26.7 Å². The van der Waals surface area contributed by atoms with E-state index in [1.807, 2.05) is 12.1 Å². The second-order valence-electron chi connectivity index (χ2n) is 5.92. The van der Waals surface area contributed by atoms with Crippen molar-refractivity contribution >= 4 is 18.3 Å². The molecular formula is C17H28ClN3O2. The molecule has 6 heteroatoms. The van der Waals surface area contributed by atoms with Gasteiger partial charge in [-0.3, -0.25) is 9.69 Å². The van der Waals surface area contributed by atoms with Crippen molar-refractivity contribution in [1.29, 1.82) is 0 Å². The summed E-state index contributed by atoms with van der Waals surface area (Å²) in [6, 6.07) is 7.82. The zero-order valence-corrected chi connectivity index (χ0v) is 14.8. The maximum Gasteiger partial charge on any atom is 0.236 e. The molecule has 3 N–H and O–H groups in total. The minimum absolute atomic E-state index is 0. The smallest absolute Gasteiger partial charge is 0.236 e. The van der Waals surface area contributed by atoms with Crippen molar-refractivity contribution in [2.24, 2.45) is 5.73 Å². The van der Waals surface area contributed by atoms with E-state index in [1.54, 1.807) is 14.0 Å². The second kappa shape index (κ2) is 9.75. The maximum atomic E-state index is 11.8. The van der Waals surface area contributed by atoms with E-state index in [0.717, 1.165) is 18.8 Å². The van der Waals surface area contributed by atoms with E-state index in [9.17, 15) is 4.79 Å². The molecule has 0 saturated carbocycles. The van der Waals surface area contributed by atoms with Crippen LogP contribution >= 0.6 is 12.4 Å². The van der Waals surface area contributed by atoms with Crippen LogP contribution in [0.15, 0.2) is 24.3 Å². The van der Waals surface area contributed by atoms with Crippen LogP contribution in [0.3, 0.4) is 0 Å². The molecule has 1 aromatic carbocycles. The quantitative estimate of drug-likeness (QED) is 0.831. The molecule has 1 aromatic rings. The first-order valence-electron chi connectivity index (χ1n) is 8.03. The van der Waals surface area contributed by atoms with Gasteiger partial charge in [-0.2, -0.15) is 0 Å². The summed E-state index contributed by atoms with van der Waals surface area (Å²) in [4.78, 5) is 14.2. The summed E-state index contributed by atoms with van der Waals surface area (Å²) in [5.74, 6) is 0.747. The molecule has 1 aliphatic heterocycles. The Morgan fingerprint density at radius 3 is 2.39 bits per heavy atom. The summed E-state index contributed by atoms with van der Waals surface area (Å²) in [7, 11) is 1.67. The van der Waals surface area contributed by atoms with Crippen LogP contribution in [0, 0.1) is 0 Å². The third kappa shape index (κ3) is 5.68. The Labute approximate surface area is 145 Å². The van der Waals surface area contributed by atoms with Crippen LogP contribution in [0.25, 0.3) is 0 Å². The Hall–Kier alpha value is -1.30. The number of nitrogens with two attached hydrogens (primary N) is 1. The summed E-state index contributed by atoms with van der Waals surface area (Å²) in [6.07, 6.45) is 3.72. The predicted octanol–water partition coefficient (Wildman–Crippen LogP) is 2.11. The Kier molecular flexibility index (Phi) is 8.37. The van der Waals surface area contributed by atoms with E-state index in [-0.39, 0.29) is 24.4 Å². The molecule has 23 heavy (non-hydrogen) atoms. The van der Waals surface area contributed by atoms with Gasteiger partial charge < -0.3 is 15.8 Å². The van der Waals surface area contributed by atoms with Crippen molar-refractivity contribution in [3.8, 4) is 5.75 Å². The third-order valence-corrected chi connectivity index (χ3v) is 4.22. The molecule has 0 radical (unpaired) electrons. The molecule has 0 bridgehead atoms. The van der Waals surface area contributed by atoms with Gasteiger partial charge in [0.1, 0.15) is 5.75 Å². The number of carbonyl (C=O) groups excluding carboxylic acids is 1. The number of rotatable bonds is 6. The number of piperidine rings is 1.